The van der Waals surface area contributed by atoms with Gasteiger partial charge in [0.15, 0.2) is 0 Å². The van der Waals surface area contributed by atoms with Crippen LogP contribution < -0.4 is 0 Å². The normalized spacial score (nSPS) is 11.2. The molecule has 0 N–H and O–H groups in total. The summed E-state index contributed by atoms with van der Waals surface area (Å²) in [6.45, 7) is 6.80. The minimum absolute atomic E-state index is 1.15. The van der Waals surface area contributed by atoms with E-state index in [1.165, 1.54) is 83.5 Å². The second-order valence-electron chi connectivity index (χ2n) is 19.0. The highest BCUT2D eigenvalue weighted by atomic mass is 14.2. The highest BCUT2D eigenvalue weighted by Gasteiger charge is 2.14. The van der Waals surface area contributed by atoms with Crippen molar-refractivity contribution < 1.29 is 0 Å². The van der Waals surface area contributed by atoms with Gasteiger partial charge in [-0.1, -0.05) is 291 Å². The lowest BCUT2D eigenvalue weighted by atomic mass is 9.87. The average Bonchev–Trinajstić information content (AvgIpc) is 3.48. The molecule has 0 bridgehead atoms. The molecule has 0 fully saturated rings. The predicted octanol–water partition coefficient (Wildman–Crippen LogP) is 19.9. The second kappa shape index (κ2) is 23.9. The molecule has 0 heterocycles. The molecule has 0 aliphatic rings. The van der Waals surface area contributed by atoms with Crippen molar-refractivity contribution in [3.8, 4) is 0 Å². The van der Waals surface area contributed by atoms with Gasteiger partial charge in [-0.25, -0.2) is 0 Å². The van der Waals surface area contributed by atoms with Crippen molar-refractivity contribution in [2.75, 3.05) is 0 Å². The first-order valence-electron chi connectivity index (χ1n) is 25.9. The third kappa shape index (κ3) is 12.3. The molecule has 75 heavy (non-hydrogen) atoms. The Bertz CT molecular complexity index is 3130. The Morgan fingerprint density at radius 2 is 0.373 bits per heavy atom. The predicted molar refractivity (Wildman–Crippen MR) is 326 cm³/mol. The molecule has 360 valence electrons. The van der Waals surface area contributed by atoms with E-state index >= 15 is 0 Å². The summed E-state index contributed by atoms with van der Waals surface area (Å²) in [4.78, 5) is 0. The van der Waals surface area contributed by atoms with Crippen molar-refractivity contribution in [1.82, 2.24) is 0 Å². The zero-order valence-corrected chi connectivity index (χ0v) is 42.9. The molecule has 0 aliphatic carbocycles. The summed E-state index contributed by atoms with van der Waals surface area (Å²) in [6, 6.07) is 90.5. The van der Waals surface area contributed by atoms with Crippen molar-refractivity contribution in [2.45, 2.75) is 20.8 Å². The van der Waals surface area contributed by atoms with Crippen LogP contribution >= 0.6 is 0 Å². The van der Waals surface area contributed by atoms with Gasteiger partial charge in [-0.3, -0.25) is 0 Å². The van der Waals surface area contributed by atoms with Crippen LogP contribution in [0, 0.1) is 20.8 Å². The lowest BCUT2D eigenvalue weighted by molar-refractivity contribution is 1.27. The highest BCUT2D eigenvalue weighted by molar-refractivity contribution is 5.94. The maximum Gasteiger partial charge on any atom is -0.0105 e. The van der Waals surface area contributed by atoms with Crippen molar-refractivity contribution in [2.24, 2.45) is 0 Å². The zero-order valence-electron chi connectivity index (χ0n) is 42.9. The van der Waals surface area contributed by atoms with Gasteiger partial charge < -0.3 is 0 Å². The minimum Gasteiger partial charge on any atom is -0.0622 e. The average molecular weight is 961 g/mol. The SMILES string of the molecule is Cc1c(/C=C/c2ccc(C=C(c3ccccc3)c3ccccc3)cc2)c(C)c(/C=C/c2ccc(C=C(c3ccccc3)c3ccccc3)cc2)c(C)c1/C=C/c1ccc(C=C(c2ccccc2)c2ccccc2)cc1. The van der Waals surface area contributed by atoms with Gasteiger partial charge in [-0.05, 0) is 156 Å². The Hall–Kier alpha value is -9.36. The van der Waals surface area contributed by atoms with Crippen molar-refractivity contribution >= 4 is 71.4 Å². The van der Waals surface area contributed by atoms with Crippen molar-refractivity contribution in [1.29, 1.82) is 0 Å². The molecule has 0 aliphatic heterocycles. The van der Waals surface area contributed by atoms with Gasteiger partial charge in [0, 0.05) is 0 Å². The molecule has 10 aromatic carbocycles. The summed E-state index contributed by atoms with van der Waals surface area (Å²) in [5, 5.41) is 0. The maximum atomic E-state index is 2.30. The topological polar surface area (TPSA) is 0 Å². The Labute approximate surface area is 444 Å². The standard InChI is InChI=1S/C75H60/c1-55-70(49-46-58-34-40-61(41-35-58)52-73(64-22-10-4-11-23-64)65-24-12-5-13-25-65)56(2)72(51-48-60-38-44-63(45-39-60)54-75(68-30-18-8-19-31-68)69-32-20-9-21-33-69)57(3)71(55)50-47-59-36-42-62(43-37-59)53-74(66-26-14-6-15-27-66)67-28-16-7-17-29-67/h4-54H,1-3H3/b49-46+,50-47+,51-48+. The van der Waals surface area contributed by atoms with Crippen LogP contribution in [-0.2, 0) is 0 Å². The summed E-state index contributed by atoms with van der Waals surface area (Å²) in [6.07, 6.45) is 20.5. The summed E-state index contributed by atoms with van der Waals surface area (Å²) in [7, 11) is 0. The van der Waals surface area contributed by atoms with E-state index < -0.39 is 0 Å². The van der Waals surface area contributed by atoms with Crippen LogP contribution in [0.1, 0.15) is 100 Å². The fraction of sp³-hybridized carbons (Fsp3) is 0.0400. The maximum absolute atomic E-state index is 2.30. The van der Waals surface area contributed by atoms with E-state index in [2.05, 4.69) is 330 Å². The monoisotopic (exact) mass is 960 g/mol. The van der Waals surface area contributed by atoms with Gasteiger partial charge >= 0.3 is 0 Å². The zero-order chi connectivity index (χ0) is 51.2. The number of rotatable bonds is 15. The molecule has 0 radical (unpaired) electrons. The van der Waals surface area contributed by atoms with Crippen LogP contribution in [0.15, 0.2) is 255 Å². The molecule has 0 saturated heterocycles. The van der Waals surface area contributed by atoms with E-state index in [0.717, 1.165) is 33.4 Å². The van der Waals surface area contributed by atoms with Gasteiger partial charge in [0.2, 0.25) is 0 Å². The lowest BCUT2D eigenvalue weighted by Crippen LogP contribution is -2.00. The smallest absolute Gasteiger partial charge is 0.0105 e. The van der Waals surface area contributed by atoms with Crippen LogP contribution in [0.5, 0.6) is 0 Å². The van der Waals surface area contributed by atoms with Gasteiger partial charge in [-0.15, -0.1) is 0 Å². The first kappa shape index (κ1) is 49.2. The van der Waals surface area contributed by atoms with Crippen molar-refractivity contribution in [3.05, 3.63) is 355 Å². The highest BCUT2D eigenvalue weighted by Crippen LogP contribution is 2.34. The summed E-state index contributed by atoms with van der Waals surface area (Å²) in [5.74, 6) is 0. The second-order valence-corrected chi connectivity index (χ2v) is 19.0. The van der Waals surface area contributed by atoms with Gasteiger partial charge in [-0.2, -0.15) is 0 Å². The third-order valence-electron chi connectivity index (χ3n) is 14.0. The molecule has 0 atom stereocenters. The lowest BCUT2D eigenvalue weighted by Gasteiger charge is -2.18. The first-order valence-corrected chi connectivity index (χ1v) is 25.9. The quantitative estimate of drug-likeness (QED) is 0.0898. The number of benzene rings is 10. The van der Waals surface area contributed by atoms with Gasteiger partial charge in [0.05, 0.1) is 0 Å². The van der Waals surface area contributed by atoms with E-state index in [1.54, 1.807) is 0 Å². The molecule has 0 heteroatoms. The van der Waals surface area contributed by atoms with Crippen LogP contribution in [-0.4, -0.2) is 0 Å². The molecule has 10 aromatic rings. The number of hydrogen-bond acceptors (Lipinski definition) is 0. The van der Waals surface area contributed by atoms with E-state index in [4.69, 9.17) is 0 Å². The molecule has 0 aromatic heterocycles. The van der Waals surface area contributed by atoms with Gasteiger partial charge in [0.1, 0.15) is 0 Å². The molecular weight excluding hydrogens is 901 g/mol. The van der Waals surface area contributed by atoms with Crippen LogP contribution in [0.4, 0.5) is 0 Å². The molecule has 10 rings (SSSR count). The van der Waals surface area contributed by atoms with Crippen LogP contribution in [0.25, 0.3) is 71.4 Å². The Kier molecular flexibility index (Phi) is 15.7. The fourth-order valence-electron chi connectivity index (χ4n) is 9.88. The molecule has 0 unspecified atom stereocenters. The van der Waals surface area contributed by atoms with E-state index in [-0.39, 0.29) is 0 Å². The summed E-state index contributed by atoms with van der Waals surface area (Å²) in [5.41, 5.74) is 25.1. The summed E-state index contributed by atoms with van der Waals surface area (Å²) >= 11 is 0. The van der Waals surface area contributed by atoms with Gasteiger partial charge in [0.25, 0.3) is 0 Å². The fourth-order valence-corrected chi connectivity index (χ4v) is 9.88. The summed E-state index contributed by atoms with van der Waals surface area (Å²) < 4.78 is 0. The van der Waals surface area contributed by atoms with Crippen LogP contribution in [0.3, 0.4) is 0 Å². The van der Waals surface area contributed by atoms with E-state index in [1.807, 2.05) is 0 Å². The third-order valence-corrected chi connectivity index (χ3v) is 14.0. The first-order chi connectivity index (χ1) is 36.9. The number of hydrogen-bond donors (Lipinski definition) is 0. The molecule has 0 saturated carbocycles. The molecule has 0 amide bonds. The van der Waals surface area contributed by atoms with Crippen LogP contribution in [0.2, 0.25) is 0 Å². The Balaban J connectivity index is 0.975. The molecule has 0 nitrogen and oxygen atoms in total. The van der Waals surface area contributed by atoms with Crippen molar-refractivity contribution in [3.63, 3.8) is 0 Å². The Morgan fingerprint density at radius 1 is 0.200 bits per heavy atom. The Morgan fingerprint density at radius 3 is 0.560 bits per heavy atom. The molecule has 0 spiro atoms. The van der Waals surface area contributed by atoms with E-state index in [0.29, 0.717) is 0 Å². The van der Waals surface area contributed by atoms with E-state index in [9.17, 15) is 0 Å². The minimum atomic E-state index is 1.15. The largest absolute Gasteiger partial charge is 0.0622 e. The molecular formula is C75H60.